The lowest BCUT2D eigenvalue weighted by Gasteiger charge is -2.17. The number of nitrogens with zero attached hydrogens (tertiary/aromatic N) is 2. The predicted molar refractivity (Wildman–Crippen MR) is 76.8 cm³/mol. The van der Waals surface area contributed by atoms with Gasteiger partial charge in [-0.1, -0.05) is 20.8 Å². The van der Waals surface area contributed by atoms with Gasteiger partial charge in [0.2, 0.25) is 0 Å². The molecule has 0 bridgehead atoms. The summed E-state index contributed by atoms with van der Waals surface area (Å²) in [5.74, 6) is 0.425. The van der Waals surface area contributed by atoms with E-state index in [0.717, 1.165) is 18.7 Å². The second kappa shape index (κ2) is 5.67. The molecule has 2 N–H and O–H groups in total. The maximum Gasteiger partial charge on any atom is 0.0952 e. The van der Waals surface area contributed by atoms with E-state index in [2.05, 4.69) is 41.8 Å². The van der Waals surface area contributed by atoms with Crippen LogP contribution in [0.15, 0.2) is 24.0 Å². The van der Waals surface area contributed by atoms with Crippen LogP contribution < -0.4 is 5.73 Å². The molecule has 0 saturated heterocycles. The van der Waals surface area contributed by atoms with Crippen molar-refractivity contribution in [1.82, 2.24) is 9.55 Å². The molecule has 0 saturated carbocycles. The molecule has 0 aliphatic carbocycles. The highest BCUT2D eigenvalue weighted by Gasteiger charge is 2.16. The standard InChI is InChI=1S/C14H21N3S/c1-4-11-5-6-18-13(11)8-17-9-16-7-12(17)14(15)10(2)3/h5-7,9-10,14H,4,8,15H2,1-3H3. The number of aryl methyl sites for hydroxylation is 1. The van der Waals surface area contributed by atoms with E-state index >= 15 is 0 Å². The van der Waals surface area contributed by atoms with Gasteiger partial charge in [0.1, 0.15) is 0 Å². The van der Waals surface area contributed by atoms with Gasteiger partial charge in [0, 0.05) is 17.1 Å². The smallest absolute Gasteiger partial charge is 0.0952 e. The van der Waals surface area contributed by atoms with E-state index in [1.165, 1.54) is 10.4 Å². The van der Waals surface area contributed by atoms with Crippen LogP contribution in [0.1, 0.15) is 42.9 Å². The fourth-order valence-corrected chi connectivity index (χ4v) is 3.03. The number of hydrogen-bond acceptors (Lipinski definition) is 3. The van der Waals surface area contributed by atoms with Crippen molar-refractivity contribution in [2.75, 3.05) is 0 Å². The van der Waals surface area contributed by atoms with E-state index in [9.17, 15) is 0 Å². The molecule has 0 aromatic carbocycles. The first-order chi connectivity index (χ1) is 8.63. The van der Waals surface area contributed by atoms with Crippen LogP contribution in [0.3, 0.4) is 0 Å². The zero-order valence-electron chi connectivity index (χ0n) is 11.3. The van der Waals surface area contributed by atoms with Gasteiger partial charge in [0.25, 0.3) is 0 Å². The molecule has 0 fully saturated rings. The van der Waals surface area contributed by atoms with Gasteiger partial charge in [-0.3, -0.25) is 0 Å². The second-order valence-corrected chi connectivity index (χ2v) is 5.94. The molecule has 0 aliphatic heterocycles. The minimum absolute atomic E-state index is 0.0533. The largest absolute Gasteiger partial charge is 0.328 e. The average molecular weight is 263 g/mol. The quantitative estimate of drug-likeness (QED) is 0.900. The van der Waals surface area contributed by atoms with E-state index in [-0.39, 0.29) is 6.04 Å². The fraction of sp³-hybridized carbons (Fsp3) is 0.500. The average Bonchev–Trinajstić information content (AvgIpc) is 2.97. The monoisotopic (exact) mass is 263 g/mol. The summed E-state index contributed by atoms with van der Waals surface area (Å²) in [5.41, 5.74) is 8.78. The minimum atomic E-state index is 0.0533. The second-order valence-electron chi connectivity index (χ2n) is 4.94. The van der Waals surface area contributed by atoms with Crippen molar-refractivity contribution in [1.29, 1.82) is 0 Å². The Hall–Kier alpha value is -1.13. The Morgan fingerprint density at radius 1 is 1.44 bits per heavy atom. The van der Waals surface area contributed by atoms with Crippen molar-refractivity contribution in [3.63, 3.8) is 0 Å². The Labute approximate surface area is 113 Å². The van der Waals surface area contributed by atoms with Gasteiger partial charge in [0.05, 0.1) is 18.6 Å². The molecule has 0 amide bonds. The van der Waals surface area contributed by atoms with Crippen LogP contribution in [0.4, 0.5) is 0 Å². The molecule has 98 valence electrons. The number of rotatable bonds is 5. The first-order valence-electron chi connectivity index (χ1n) is 6.44. The number of imidazole rings is 1. The highest BCUT2D eigenvalue weighted by Crippen LogP contribution is 2.23. The third kappa shape index (κ3) is 2.65. The number of nitrogens with two attached hydrogens (primary N) is 1. The summed E-state index contributed by atoms with van der Waals surface area (Å²) in [7, 11) is 0. The molecule has 2 aromatic rings. The summed E-state index contributed by atoms with van der Waals surface area (Å²) in [6.45, 7) is 7.37. The molecule has 2 aromatic heterocycles. The van der Waals surface area contributed by atoms with Crippen LogP contribution in [-0.2, 0) is 13.0 Å². The zero-order chi connectivity index (χ0) is 13.1. The predicted octanol–water partition coefficient (Wildman–Crippen LogP) is 3.21. The van der Waals surface area contributed by atoms with Crippen molar-refractivity contribution in [3.8, 4) is 0 Å². The molecule has 4 heteroatoms. The van der Waals surface area contributed by atoms with Gasteiger partial charge >= 0.3 is 0 Å². The van der Waals surface area contributed by atoms with E-state index in [1.54, 1.807) is 0 Å². The van der Waals surface area contributed by atoms with Crippen molar-refractivity contribution in [2.24, 2.45) is 11.7 Å². The summed E-state index contributed by atoms with van der Waals surface area (Å²) in [6.07, 6.45) is 4.86. The molecular formula is C14H21N3S. The first-order valence-corrected chi connectivity index (χ1v) is 7.32. The molecule has 2 rings (SSSR count). The summed E-state index contributed by atoms with van der Waals surface area (Å²) >= 11 is 1.81. The molecule has 18 heavy (non-hydrogen) atoms. The van der Waals surface area contributed by atoms with E-state index < -0.39 is 0 Å². The lowest BCUT2D eigenvalue weighted by molar-refractivity contribution is 0.485. The topological polar surface area (TPSA) is 43.8 Å². The maximum absolute atomic E-state index is 6.23. The van der Waals surface area contributed by atoms with Crippen molar-refractivity contribution >= 4 is 11.3 Å². The Morgan fingerprint density at radius 2 is 2.22 bits per heavy atom. The zero-order valence-corrected chi connectivity index (χ0v) is 12.1. The Kier molecular flexibility index (Phi) is 4.19. The van der Waals surface area contributed by atoms with Gasteiger partial charge in [-0.05, 0) is 29.3 Å². The number of hydrogen-bond donors (Lipinski definition) is 1. The molecule has 3 nitrogen and oxygen atoms in total. The summed E-state index contributed by atoms with van der Waals surface area (Å²) in [6, 6.07) is 2.26. The van der Waals surface area contributed by atoms with E-state index in [0.29, 0.717) is 5.92 Å². The molecule has 0 radical (unpaired) electrons. The lowest BCUT2D eigenvalue weighted by atomic mass is 10.0. The molecular weight excluding hydrogens is 242 g/mol. The van der Waals surface area contributed by atoms with Gasteiger partial charge < -0.3 is 10.3 Å². The van der Waals surface area contributed by atoms with Crippen molar-refractivity contribution < 1.29 is 0 Å². The Morgan fingerprint density at radius 3 is 2.89 bits per heavy atom. The van der Waals surface area contributed by atoms with Crippen molar-refractivity contribution in [2.45, 2.75) is 39.8 Å². The first kappa shape index (κ1) is 13.3. The van der Waals surface area contributed by atoms with Crippen molar-refractivity contribution in [3.05, 3.63) is 40.1 Å². The summed E-state index contributed by atoms with van der Waals surface area (Å²) in [5, 5.41) is 2.16. The Bertz CT molecular complexity index is 499. The highest BCUT2D eigenvalue weighted by atomic mass is 32.1. The normalized spacial score (nSPS) is 13.2. The highest BCUT2D eigenvalue weighted by molar-refractivity contribution is 7.10. The molecule has 2 heterocycles. The lowest BCUT2D eigenvalue weighted by Crippen LogP contribution is -2.20. The third-order valence-electron chi connectivity index (χ3n) is 3.34. The number of aromatic nitrogens is 2. The van der Waals surface area contributed by atoms with Gasteiger partial charge in [-0.2, -0.15) is 0 Å². The Balaban J connectivity index is 2.22. The molecule has 1 unspecified atom stereocenters. The fourth-order valence-electron chi connectivity index (χ4n) is 2.06. The van der Waals surface area contributed by atoms with Crippen LogP contribution >= 0.6 is 11.3 Å². The minimum Gasteiger partial charge on any atom is -0.328 e. The maximum atomic E-state index is 6.23. The van der Waals surface area contributed by atoms with Crippen LogP contribution in [0, 0.1) is 5.92 Å². The van der Waals surface area contributed by atoms with Crippen LogP contribution in [0.25, 0.3) is 0 Å². The van der Waals surface area contributed by atoms with Crippen LogP contribution in [-0.4, -0.2) is 9.55 Å². The molecule has 1 atom stereocenters. The summed E-state index contributed by atoms with van der Waals surface area (Å²) in [4.78, 5) is 5.66. The van der Waals surface area contributed by atoms with Gasteiger partial charge in [0.15, 0.2) is 0 Å². The third-order valence-corrected chi connectivity index (χ3v) is 4.28. The number of thiophene rings is 1. The molecule has 0 spiro atoms. The van der Waals surface area contributed by atoms with Crippen LogP contribution in [0.5, 0.6) is 0 Å². The van der Waals surface area contributed by atoms with Gasteiger partial charge in [-0.25, -0.2) is 4.98 Å². The van der Waals surface area contributed by atoms with E-state index in [4.69, 9.17) is 5.73 Å². The molecule has 0 aliphatic rings. The SMILES string of the molecule is CCc1ccsc1Cn1cncc1C(N)C(C)C. The van der Waals surface area contributed by atoms with Gasteiger partial charge in [-0.15, -0.1) is 11.3 Å². The summed E-state index contributed by atoms with van der Waals surface area (Å²) < 4.78 is 2.18. The van der Waals surface area contributed by atoms with Crippen LogP contribution in [0.2, 0.25) is 0 Å². The van der Waals surface area contributed by atoms with E-state index in [1.807, 2.05) is 23.9 Å².